The maximum Gasteiger partial charge on any atom is 0.573 e. The van der Waals surface area contributed by atoms with Crippen molar-refractivity contribution < 1.29 is 22.7 Å². The Hall–Kier alpha value is -2.77. The summed E-state index contributed by atoms with van der Waals surface area (Å²) in [5.41, 5.74) is 1.08. The fourth-order valence-electron chi connectivity index (χ4n) is 1.80. The Kier molecular flexibility index (Phi) is 5.40. The van der Waals surface area contributed by atoms with Crippen LogP contribution in [-0.4, -0.2) is 17.4 Å². The van der Waals surface area contributed by atoms with Crippen LogP contribution in [0, 0.1) is 0 Å². The molecule has 0 unspecified atom stereocenters. The van der Waals surface area contributed by atoms with Gasteiger partial charge in [0, 0.05) is 31.0 Å². The average molecular weight is 325 g/mol. The molecule has 0 fully saturated rings. The number of alkyl halides is 3. The van der Waals surface area contributed by atoms with Gasteiger partial charge in [0.15, 0.2) is 0 Å². The number of benzene rings is 1. The van der Waals surface area contributed by atoms with Gasteiger partial charge < -0.3 is 15.4 Å². The van der Waals surface area contributed by atoms with Crippen molar-refractivity contribution in [2.45, 2.75) is 19.5 Å². The van der Waals surface area contributed by atoms with Gasteiger partial charge in [0.2, 0.25) is 0 Å². The topological polar surface area (TPSA) is 63.2 Å². The zero-order valence-electron chi connectivity index (χ0n) is 11.9. The van der Waals surface area contributed by atoms with Crippen molar-refractivity contribution in [2.24, 2.45) is 0 Å². The Labute approximate surface area is 130 Å². The van der Waals surface area contributed by atoms with E-state index in [4.69, 9.17) is 0 Å². The fraction of sp³-hybridized carbons (Fsp3) is 0.200. The Balaban J connectivity index is 1.87. The number of aromatic nitrogens is 1. The van der Waals surface area contributed by atoms with E-state index in [0.29, 0.717) is 0 Å². The summed E-state index contributed by atoms with van der Waals surface area (Å²) in [6.45, 7) is 0.198. The largest absolute Gasteiger partial charge is 0.573 e. The number of hydrogen-bond acceptors (Lipinski definition) is 3. The molecule has 5 nitrogen and oxygen atoms in total. The summed E-state index contributed by atoms with van der Waals surface area (Å²) in [4.78, 5) is 15.5. The minimum absolute atomic E-state index is 0.0889. The molecule has 2 N–H and O–H groups in total. The van der Waals surface area contributed by atoms with Gasteiger partial charge in [-0.05, 0) is 23.8 Å². The first-order chi connectivity index (χ1) is 10.9. The van der Waals surface area contributed by atoms with Crippen LogP contribution in [0.5, 0.6) is 5.75 Å². The van der Waals surface area contributed by atoms with E-state index >= 15 is 0 Å². The number of pyridine rings is 1. The zero-order chi connectivity index (χ0) is 16.7. The van der Waals surface area contributed by atoms with Crippen LogP contribution >= 0.6 is 0 Å². The standard InChI is InChI=1S/C15H14F3N3O2/c16-15(17,18)23-13-4-2-1-3-12(13)10-21-14(22)20-9-11-5-7-19-8-6-11/h1-8H,9-10H2,(H2,20,21,22). The lowest BCUT2D eigenvalue weighted by Gasteiger charge is -2.14. The van der Waals surface area contributed by atoms with Crippen molar-refractivity contribution in [3.63, 3.8) is 0 Å². The van der Waals surface area contributed by atoms with E-state index in [2.05, 4.69) is 20.4 Å². The monoisotopic (exact) mass is 325 g/mol. The predicted molar refractivity (Wildman–Crippen MR) is 76.4 cm³/mol. The minimum atomic E-state index is -4.78. The summed E-state index contributed by atoms with van der Waals surface area (Å²) < 4.78 is 40.8. The SMILES string of the molecule is O=C(NCc1ccncc1)NCc1ccccc1OC(F)(F)F. The first-order valence-corrected chi connectivity index (χ1v) is 6.68. The fourth-order valence-corrected chi connectivity index (χ4v) is 1.80. The van der Waals surface area contributed by atoms with Crippen LogP contribution in [0.2, 0.25) is 0 Å². The number of halogens is 3. The van der Waals surface area contributed by atoms with Gasteiger partial charge in [0.05, 0.1) is 0 Å². The van der Waals surface area contributed by atoms with Gasteiger partial charge >= 0.3 is 12.4 Å². The van der Waals surface area contributed by atoms with Gasteiger partial charge in [-0.15, -0.1) is 13.2 Å². The lowest BCUT2D eigenvalue weighted by Crippen LogP contribution is -2.34. The summed E-state index contributed by atoms with van der Waals surface area (Å²) in [6, 6.07) is 8.62. The number of carbonyl (C=O) groups is 1. The van der Waals surface area contributed by atoms with Gasteiger partial charge in [-0.2, -0.15) is 0 Å². The molecule has 2 rings (SSSR count). The number of ether oxygens (including phenoxy) is 1. The number of hydrogen-bond donors (Lipinski definition) is 2. The molecule has 0 spiro atoms. The van der Waals surface area contributed by atoms with E-state index in [9.17, 15) is 18.0 Å². The van der Waals surface area contributed by atoms with Crippen molar-refractivity contribution in [1.82, 2.24) is 15.6 Å². The maximum atomic E-state index is 12.3. The van der Waals surface area contributed by atoms with E-state index in [0.717, 1.165) is 5.56 Å². The van der Waals surface area contributed by atoms with Crippen molar-refractivity contribution in [2.75, 3.05) is 0 Å². The van der Waals surface area contributed by atoms with Crippen molar-refractivity contribution >= 4 is 6.03 Å². The van der Waals surface area contributed by atoms with Gasteiger partial charge in [0.1, 0.15) is 5.75 Å². The quantitative estimate of drug-likeness (QED) is 0.888. The molecule has 0 radical (unpaired) electrons. The van der Waals surface area contributed by atoms with Gasteiger partial charge in [-0.1, -0.05) is 18.2 Å². The molecule has 1 heterocycles. The third-order valence-electron chi connectivity index (χ3n) is 2.84. The summed E-state index contributed by atoms with van der Waals surface area (Å²) in [5, 5.41) is 5.08. The summed E-state index contributed by atoms with van der Waals surface area (Å²) in [5.74, 6) is -0.338. The van der Waals surface area contributed by atoms with Crippen LogP contribution in [0.1, 0.15) is 11.1 Å². The van der Waals surface area contributed by atoms with Crippen LogP contribution in [-0.2, 0) is 13.1 Å². The molecule has 23 heavy (non-hydrogen) atoms. The minimum Gasteiger partial charge on any atom is -0.405 e. The van der Waals surface area contributed by atoms with Crippen LogP contribution < -0.4 is 15.4 Å². The molecule has 2 aromatic rings. The molecule has 0 saturated heterocycles. The molecule has 1 aromatic carbocycles. The summed E-state index contributed by atoms with van der Waals surface area (Å²) in [7, 11) is 0. The van der Waals surface area contributed by atoms with E-state index in [1.807, 2.05) is 0 Å². The maximum absolute atomic E-state index is 12.3. The molecule has 8 heteroatoms. The number of rotatable bonds is 5. The highest BCUT2D eigenvalue weighted by Crippen LogP contribution is 2.25. The summed E-state index contributed by atoms with van der Waals surface area (Å²) in [6.07, 6.45) is -1.58. The number of nitrogens with zero attached hydrogens (tertiary/aromatic N) is 1. The molecule has 2 amide bonds. The normalized spacial score (nSPS) is 10.9. The second-order valence-electron chi connectivity index (χ2n) is 4.55. The smallest absolute Gasteiger partial charge is 0.405 e. The third-order valence-corrected chi connectivity index (χ3v) is 2.84. The van der Waals surface area contributed by atoms with Crippen LogP contribution in [0.3, 0.4) is 0 Å². The van der Waals surface area contributed by atoms with Crippen molar-refractivity contribution in [3.8, 4) is 5.75 Å². The molecule has 0 bridgehead atoms. The molecular formula is C15H14F3N3O2. The number of amides is 2. The molecule has 0 aliphatic heterocycles. The molecule has 1 aromatic heterocycles. The Bertz CT molecular complexity index is 648. The van der Waals surface area contributed by atoms with E-state index in [-0.39, 0.29) is 24.4 Å². The van der Waals surface area contributed by atoms with E-state index in [1.165, 1.54) is 18.2 Å². The highest BCUT2D eigenvalue weighted by atomic mass is 19.4. The van der Waals surface area contributed by atoms with Crippen LogP contribution in [0.4, 0.5) is 18.0 Å². The van der Waals surface area contributed by atoms with Crippen LogP contribution in [0.25, 0.3) is 0 Å². The highest BCUT2D eigenvalue weighted by Gasteiger charge is 2.31. The first-order valence-electron chi connectivity index (χ1n) is 6.68. The van der Waals surface area contributed by atoms with Gasteiger partial charge in [-0.25, -0.2) is 4.79 Å². The second kappa shape index (κ2) is 7.48. The number of para-hydroxylation sites is 1. The molecule has 0 saturated carbocycles. The Morgan fingerprint density at radius 2 is 1.70 bits per heavy atom. The molecule has 122 valence electrons. The van der Waals surface area contributed by atoms with E-state index < -0.39 is 12.4 Å². The van der Waals surface area contributed by atoms with Gasteiger partial charge in [0.25, 0.3) is 0 Å². The predicted octanol–water partition coefficient (Wildman–Crippen LogP) is 2.98. The molecule has 0 aliphatic rings. The summed E-state index contributed by atoms with van der Waals surface area (Å²) >= 11 is 0. The lowest BCUT2D eigenvalue weighted by atomic mass is 10.2. The van der Waals surface area contributed by atoms with Crippen LogP contribution in [0.15, 0.2) is 48.8 Å². The second-order valence-corrected chi connectivity index (χ2v) is 4.55. The first kappa shape index (κ1) is 16.6. The Morgan fingerprint density at radius 1 is 1.04 bits per heavy atom. The number of urea groups is 1. The highest BCUT2D eigenvalue weighted by molar-refractivity contribution is 5.73. The van der Waals surface area contributed by atoms with Gasteiger partial charge in [-0.3, -0.25) is 4.98 Å². The molecular weight excluding hydrogens is 311 g/mol. The van der Waals surface area contributed by atoms with Crippen molar-refractivity contribution in [1.29, 1.82) is 0 Å². The lowest BCUT2D eigenvalue weighted by molar-refractivity contribution is -0.274. The van der Waals surface area contributed by atoms with E-state index in [1.54, 1.807) is 30.6 Å². The third kappa shape index (κ3) is 5.85. The van der Waals surface area contributed by atoms with Crippen molar-refractivity contribution in [3.05, 3.63) is 59.9 Å². The molecule has 0 aliphatic carbocycles. The number of carbonyl (C=O) groups excluding carboxylic acids is 1. The zero-order valence-corrected chi connectivity index (χ0v) is 11.9. The molecule has 0 atom stereocenters. The number of nitrogens with one attached hydrogen (secondary N) is 2. The Morgan fingerprint density at radius 3 is 2.39 bits per heavy atom. The average Bonchev–Trinajstić information content (AvgIpc) is 2.51.